The van der Waals surface area contributed by atoms with E-state index in [1.807, 2.05) is 24.3 Å². The Bertz CT molecular complexity index is 506. The molecule has 0 aliphatic carbocycles. The van der Waals surface area contributed by atoms with Gasteiger partial charge in [0.05, 0.1) is 5.52 Å². The van der Waals surface area contributed by atoms with Crippen LogP contribution in [0.3, 0.4) is 0 Å². The Kier molecular flexibility index (Phi) is 2.85. The average molecular weight is 240 g/mol. The van der Waals surface area contributed by atoms with Gasteiger partial charge in [-0.25, -0.2) is 4.98 Å². The first-order valence-corrected chi connectivity index (χ1v) is 5.60. The molecule has 0 spiro atoms. The lowest BCUT2D eigenvalue weighted by atomic mass is 10.0. The molecule has 1 nitrogen and oxygen atoms in total. The second-order valence-corrected chi connectivity index (χ2v) is 4.59. The highest BCUT2D eigenvalue weighted by Crippen LogP contribution is 2.29. The normalized spacial score (nSPS) is 11.3. The molecule has 0 atom stereocenters. The molecule has 78 valence electrons. The summed E-state index contributed by atoms with van der Waals surface area (Å²) in [6.07, 6.45) is 0. The van der Waals surface area contributed by atoms with Crippen LogP contribution in [0.4, 0.5) is 0 Å². The van der Waals surface area contributed by atoms with E-state index in [0.717, 1.165) is 21.5 Å². The summed E-state index contributed by atoms with van der Waals surface area (Å²) in [7, 11) is 0. The van der Waals surface area contributed by atoms with Gasteiger partial charge in [-0.05, 0) is 29.7 Å². The molecule has 3 heteroatoms. The number of pyridine rings is 1. The van der Waals surface area contributed by atoms with Gasteiger partial charge in [0, 0.05) is 10.4 Å². The minimum absolute atomic E-state index is 0.352. The molecule has 2 aromatic rings. The maximum atomic E-state index is 6.10. The van der Waals surface area contributed by atoms with E-state index in [9.17, 15) is 0 Å². The summed E-state index contributed by atoms with van der Waals surface area (Å²) in [5.74, 6) is 0.352. The molecule has 1 aromatic heterocycles. The molecule has 0 N–H and O–H groups in total. The van der Waals surface area contributed by atoms with Crippen LogP contribution in [-0.2, 0) is 0 Å². The summed E-state index contributed by atoms with van der Waals surface area (Å²) < 4.78 is 0. The number of benzene rings is 1. The largest absolute Gasteiger partial charge is 0.236 e. The quantitative estimate of drug-likeness (QED) is 0.660. The Morgan fingerprint density at radius 3 is 2.60 bits per heavy atom. The lowest BCUT2D eigenvalue weighted by Gasteiger charge is -2.09. The second kappa shape index (κ2) is 3.99. The standard InChI is InChI=1S/C12H11Cl2N/c1-7(2)8-6-9-10(13)4-3-5-11(9)15-12(8)14/h3-7H,1-2H3. The number of hydrogen-bond acceptors (Lipinski definition) is 1. The van der Waals surface area contributed by atoms with Crippen molar-refractivity contribution in [3.05, 3.63) is 40.0 Å². The predicted octanol–water partition coefficient (Wildman–Crippen LogP) is 4.67. The molecule has 0 fully saturated rings. The van der Waals surface area contributed by atoms with Crippen LogP contribution in [0.25, 0.3) is 10.9 Å². The summed E-state index contributed by atoms with van der Waals surface area (Å²) in [4.78, 5) is 4.34. The van der Waals surface area contributed by atoms with E-state index in [-0.39, 0.29) is 0 Å². The van der Waals surface area contributed by atoms with Crippen LogP contribution >= 0.6 is 23.2 Å². The Morgan fingerprint density at radius 2 is 1.93 bits per heavy atom. The zero-order valence-electron chi connectivity index (χ0n) is 8.59. The Morgan fingerprint density at radius 1 is 1.20 bits per heavy atom. The van der Waals surface area contributed by atoms with Crippen molar-refractivity contribution in [1.29, 1.82) is 0 Å². The molecule has 1 aromatic carbocycles. The smallest absolute Gasteiger partial charge is 0.133 e. The first-order valence-electron chi connectivity index (χ1n) is 4.84. The number of aromatic nitrogens is 1. The van der Waals surface area contributed by atoms with Gasteiger partial charge >= 0.3 is 0 Å². The van der Waals surface area contributed by atoms with Gasteiger partial charge in [0.15, 0.2) is 0 Å². The van der Waals surface area contributed by atoms with E-state index >= 15 is 0 Å². The number of hydrogen-bond donors (Lipinski definition) is 0. The molecule has 0 radical (unpaired) electrons. The van der Waals surface area contributed by atoms with Crippen molar-refractivity contribution >= 4 is 34.1 Å². The number of fused-ring (bicyclic) bond motifs is 1. The fourth-order valence-electron chi connectivity index (χ4n) is 1.56. The zero-order chi connectivity index (χ0) is 11.0. The summed E-state index contributed by atoms with van der Waals surface area (Å²) in [5.41, 5.74) is 1.88. The monoisotopic (exact) mass is 239 g/mol. The van der Waals surface area contributed by atoms with Crippen LogP contribution in [0.1, 0.15) is 25.3 Å². The van der Waals surface area contributed by atoms with Crippen LogP contribution < -0.4 is 0 Å². The van der Waals surface area contributed by atoms with Crippen molar-refractivity contribution in [1.82, 2.24) is 4.98 Å². The van der Waals surface area contributed by atoms with Crippen LogP contribution in [0.2, 0.25) is 10.2 Å². The highest BCUT2D eigenvalue weighted by Gasteiger charge is 2.09. The minimum Gasteiger partial charge on any atom is -0.236 e. The lowest BCUT2D eigenvalue weighted by molar-refractivity contribution is 0.862. The van der Waals surface area contributed by atoms with E-state index in [1.165, 1.54) is 0 Å². The van der Waals surface area contributed by atoms with Gasteiger partial charge in [-0.2, -0.15) is 0 Å². The molecular formula is C12H11Cl2N. The van der Waals surface area contributed by atoms with Gasteiger partial charge < -0.3 is 0 Å². The Balaban J connectivity index is 2.78. The third-order valence-electron chi connectivity index (χ3n) is 2.41. The van der Waals surface area contributed by atoms with Crippen molar-refractivity contribution in [3.63, 3.8) is 0 Å². The van der Waals surface area contributed by atoms with Gasteiger partial charge in [0.25, 0.3) is 0 Å². The van der Waals surface area contributed by atoms with Gasteiger partial charge in [-0.1, -0.05) is 43.1 Å². The number of rotatable bonds is 1. The molecule has 1 heterocycles. The highest BCUT2D eigenvalue weighted by atomic mass is 35.5. The Labute approximate surface area is 99.0 Å². The van der Waals surface area contributed by atoms with Crippen molar-refractivity contribution in [3.8, 4) is 0 Å². The third kappa shape index (κ3) is 1.95. The average Bonchev–Trinajstić information content (AvgIpc) is 2.16. The van der Waals surface area contributed by atoms with Crippen LogP contribution in [0.15, 0.2) is 24.3 Å². The van der Waals surface area contributed by atoms with Crippen molar-refractivity contribution in [2.45, 2.75) is 19.8 Å². The second-order valence-electron chi connectivity index (χ2n) is 3.83. The molecule has 0 unspecified atom stereocenters. The van der Waals surface area contributed by atoms with E-state index < -0.39 is 0 Å². The van der Waals surface area contributed by atoms with Crippen LogP contribution in [0, 0.1) is 0 Å². The highest BCUT2D eigenvalue weighted by molar-refractivity contribution is 6.36. The minimum atomic E-state index is 0.352. The first-order chi connectivity index (χ1) is 7.09. The predicted molar refractivity (Wildman–Crippen MR) is 65.9 cm³/mol. The maximum absolute atomic E-state index is 6.10. The van der Waals surface area contributed by atoms with Gasteiger partial charge in [-0.3, -0.25) is 0 Å². The van der Waals surface area contributed by atoms with Gasteiger partial charge in [0.2, 0.25) is 0 Å². The van der Waals surface area contributed by atoms with E-state index in [4.69, 9.17) is 23.2 Å². The Hall–Kier alpha value is -0.790. The fraction of sp³-hybridized carbons (Fsp3) is 0.250. The molecule has 0 saturated carbocycles. The van der Waals surface area contributed by atoms with Gasteiger partial charge in [0.1, 0.15) is 5.15 Å². The molecule has 0 amide bonds. The van der Waals surface area contributed by atoms with Crippen molar-refractivity contribution in [2.75, 3.05) is 0 Å². The summed E-state index contributed by atoms with van der Waals surface area (Å²) in [6, 6.07) is 7.68. The van der Waals surface area contributed by atoms with Gasteiger partial charge in [-0.15, -0.1) is 0 Å². The molecular weight excluding hydrogens is 229 g/mol. The van der Waals surface area contributed by atoms with E-state index in [2.05, 4.69) is 18.8 Å². The number of halogens is 2. The molecule has 2 rings (SSSR count). The summed E-state index contributed by atoms with van der Waals surface area (Å²) in [5, 5.41) is 2.26. The number of nitrogens with zero attached hydrogens (tertiary/aromatic N) is 1. The topological polar surface area (TPSA) is 12.9 Å². The first kappa shape index (κ1) is 10.7. The molecule has 0 bridgehead atoms. The van der Waals surface area contributed by atoms with Crippen molar-refractivity contribution < 1.29 is 0 Å². The maximum Gasteiger partial charge on any atom is 0.133 e. The molecule has 15 heavy (non-hydrogen) atoms. The van der Waals surface area contributed by atoms with Crippen molar-refractivity contribution in [2.24, 2.45) is 0 Å². The molecule has 0 aliphatic rings. The third-order valence-corrected chi connectivity index (χ3v) is 3.04. The van der Waals surface area contributed by atoms with E-state index in [1.54, 1.807) is 0 Å². The van der Waals surface area contributed by atoms with Crippen LogP contribution in [0.5, 0.6) is 0 Å². The lowest BCUT2D eigenvalue weighted by Crippen LogP contribution is -1.92. The van der Waals surface area contributed by atoms with E-state index in [0.29, 0.717) is 11.1 Å². The molecule has 0 aliphatic heterocycles. The fourth-order valence-corrected chi connectivity index (χ4v) is 2.14. The summed E-state index contributed by atoms with van der Waals surface area (Å²) in [6.45, 7) is 4.18. The van der Waals surface area contributed by atoms with Crippen LogP contribution in [-0.4, -0.2) is 4.98 Å². The SMILES string of the molecule is CC(C)c1cc2c(Cl)cccc2nc1Cl. The summed E-state index contributed by atoms with van der Waals surface area (Å²) >= 11 is 12.2. The molecule has 0 saturated heterocycles. The zero-order valence-corrected chi connectivity index (χ0v) is 10.1.